The van der Waals surface area contributed by atoms with Crippen molar-refractivity contribution in [3.05, 3.63) is 52.5 Å². The van der Waals surface area contributed by atoms with E-state index < -0.39 is 5.91 Å². The number of hydrogen-bond donors (Lipinski definition) is 3. The SMILES string of the molecule is COc1cc(-c2c(C#N)c(N)nc3sc(C(=O)Nc4nc(-c5ccncc5)cs4)c(N)c23)cc(OC)c1OC. The molecular weight excluding hydrogens is 538 g/mol. The van der Waals surface area contributed by atoms with E-state index in [0.717, 1.165) is 16.9 Å². The monoisotopic (exact) mass is 559 g/mol. The molecule has 5 N–H and O–H groups in total. The number of nitrogen functional groups attached to an aromatic ring is 2. The van der Waals surface area contributed by atoms with Crippen molar-refractivity contribution in [2.45, 2.75) is 0 Å². The number of methoxy groups -OCH3 is 3. The molecule has 0 aliphatic carbocycles. The molecule has 13 heteroatoms. The number of nitriles is 1. The Morgan fingerprint density at radius 1 is 1.03 bits per heavy atom. The summed E-state index contributed by atoms with van der Waals surface area (Å²) in [7, 11) is 4.47. The molecule has 5 aromatic rings. The van der Waals surface area contributed by atoms with Gasteiger partial charge in [0.15, 0.2) is 16.6 Å². The Bertz CT molecular complexity index is 1740. The molecule has 1 amide bonds. The minimum absolute atomic E-state index is 0.00359. The Labute approximate surface area is 230 Å². The second-order valence-corrected chi connectivity index (χ2v) is 9.88. The molecule has 0 saturated heterocycles. The molecule has 0 saturated carbocycles. The molecule has 0 bridgehead atoms. The summed E-state index contributed by atoms with van der Waals surface area (Å²) in [6.45, 7) is 0. The van der Waals surface area contributed by atoms with Crippen molar-refractivity contribution in [1.29, 1.82) is 5.26 Å². The summed E-state index contributed by atoms with van der Waals surface area (Å²) in [6, 6.07) is 9.15. The minimum atomic E-state index is -0.459. The number of aromatic nitrogens is 3. The van der Waals surface area contributed by atoms with Crippen LogP contribution in [0.4, 0.5) is 16.6 Å². The van der Waals surface area contributed by atoms with Gasteiger partial charge in [0, 0.05) is 34.3 Å². The lowest BCUT2D eigenvalue weighted by molar-refractivity contribution is 0.103. The molecule has 4 aromatic heterocycles. The Balaban J connectivity index is 1.62. The number of thiazole rings is 1. The number of thiophene rings is 1. The summed E-state index contributed by atoms with van der Waals surface area (Å²) in [4.78, 5) is 26.8. The van der Waals surface area contributed by atoms with E-state index in [1.807, 2.05) is 17.5 Å². The lowest BCUT2D eigenvalue weighted by Crippen LogP contribution is -2.11. The fourth-order valence-electron chi connectivity index (χ4n) is 4.11. The molecule has 39 heavy (non-hydrogen) atoms. The van der Waals surface area contributed by atoms with E-state index in [0.29, 0.717) is 49.4 Å². The lowest BCUT2D eigenvalue weighted by Gasteiger charge is -2.16. The van der Waals surface area contributed by atoms with E-state index in [9.17, 15) is 10.1 Å². The van der Waals surface area contributed by atoms with Crippen molar-refractivity contribution >= 4 is 55.4 Å². The highest BCUT2D eigenvalue weighted by atomic mass is 32.1. The Morgan fingerprint density at radius 3 is 2.33 bits per heavy atom. The highest BCUT2D eigenvalue weighted by molar-refractivity contribution is 7.21. The van der Waals surface area contributed by atoms with Gasteiger partial charge in [-0.05, 0) is 29.8 Å². The van der Waals surface area contributed by atoms with Crippen molar-refractivity contribution in [2.75, 3.05) is 38.1 Å². The third-order valence-corrected chi connectivity index (χ3v) is 7.73. The third-order valence-electron chi connectivity index (χ3n) is 5.88. The van der Waals surface area contributed by atoms with Gasteiger partial charge < -0.3 is 25.7 Å². The van der Waals surface area contributed by atoms with Crippen molar-refractivity contribution in [1.82, 2.24) is 15.0 Å². The minimum Gasteiger partial charge on any atom is -0.493 e. The molecule has 1 aromatic carbocycles. The average Bonchev–Trinajstić information content (AvgIpc) is 3.55. The van der Waals surface area contributed by atoms with Crippen molar-refractivity contribution in [3.8, 4) is 45.7 Å². The molecule has 11 nitrogen and oxygen atoms in total. The van der Waals surface area contributed by atoms with Crippen LogP contribution < -0.4 is 31.0 Å². The van der Waals surface area contributed by atoms with Gasteiger partial charge in [0.2, 0.25) is 5.75 Å². The number of carbonyl (C=O) groups excluding carboxylic acids is 1. The first-order valence-corrected chi connectivity index (χ1v) is 13.0. The molecule has 0 fully saturated rings. The summed E-state index contributed by atoms with van der Waals surface area (Å²) in [5, 5.41) is 15.5. The normalized spacial score (nSPS) is 10.7. The first-order chi connectivity index (χ1) is 18.9. The zero-order valence-corrected chi connectivity index (χ0v) is 22.6. The molecule has 0 aliphatic rings. The van der Waals surface area contributed by atoms with Crippen LogP contribution in [-0.4, -0.2) is 42.2 Å². The fraction of sp³-hybridized carbons (Fsp3) is 0.115. The number of rotatable bonds is 7. The van der Waals surface area contributed by atoms with Crippen molar-refractivity contribution < 1.29 is 19.0 Å². The highest BCUT2D eigenvalue weighted by Gasteiger charge is 2.26. The number of nitrogens with zero attached hydrogens (tertiary/aromatic N) is 4. The number of amides is 1. The van der Waals surface area contributed by atoms with Gasteiger partial charge in [-0.2, -0.15) is 5.26 Å². The van der Waals surface area contributed by atoms with E-state index in [1.165, 1.54) is 32.7 Å². The Morgan fingerprint density at radius 2 is 1.72 bits per heavy atom. The maximum atomic E-state index is 13.3. The van der Waals surface area contributed by atoms with Gasteiger partial charge in [0.05, 0.1) is 32.7 Å². The van der Waals surface area contributed by atoms with Gasteiger partial charge in [-0.1, -0.05) is 0 Å². The molecule has 0 aliphatic heterocycles. The predicted octanol–water partition coefficient (Wildman–Crippen LogP) is 4.80. The van der Waals surface area contributed by atoms with Crippen LogP contribution in [0.15, 0.2) is 42.0 Å². The van der Waals surface area contributed by atoms with Crippen LogP contribution in [0, 0.1) is 11.3 Å². The van der Waals surface area contributed by atoms with Crippen LogP contribution in [0.2, 0.25) is 0 Å². The molecular formula is C26H21N7O4S2. The van der Waals surface area contributed by atoms with Gasteiger partial charge in [0.1, 0.15) is 27.2 Å². The van der Waals surface area contributed by atoms with E-state index in [4.69, 9.17) is 25.7 Å². The summed E-state index contributed by atoms with van der Waals surface area (Å²) in [5.74, 6) is 0.677. The largest absolute Gasteiger partial charge is 0.493 e. The summed E-state index contributed by atoms with van der Waals surface area (Å²) >= 11 is 2.35. The van der Waals surface area contributed by atoms with E-state index >= 15 is 0 Å². The topological polar surface area (TPSA) is 171 Å². The quantitative estimate of drug-likeness (QED) is 0.252. The summed E-state index contributed by atoms with van der Waals surface area (Å²) in [6.07, 6.45) is 3.34. The van der Waals surface area contributed by atoms with Crippen LogP contribution in [0.3, 0.4) is 0 Å². The first-order valence-electron chi connectivity index (χ1n) is 11.3. The van der Waals surface area contributed by atoms with Crippen molar-refractivity contribution in [3.63, 3.8) is 0 Å². The van der Waals surface area contributed by atoms with E-state index in [1.54, 1.807) is 24.5 Å². The molecule has 5 rings (SSSR count). The maximum Gasteiger partial charge on any atom is 0.269 e. The number of carbonyl (C=O) groups is 1. The zero-order chi connectivity index (χ0) is 27.7. The summed E-state index contributed by atoms with van der Waals surface area (Å²) in [5.41, 5.74) is 15.5. The maximum absolute atomic E-state index is 13.3. The molecule has 0 radical (unpaired) electrons. The van der Waals surface area contributed by atoms with Crippen molar-refractivity contribution in [2.24, 2.45) is 0 Å². The number of hydrogen-bond acceptors (Lipinski definition) is 12. The smallest absolute Gasteiger partial charge is 0.269 e. The molecule has 0 atom stereocenters. The third kappa shape index (κ3) is 4.52. The van der Waals surface area contributed by atoms with Crippen LogP contribution in [0.5, 0.6) is 17.2 Å². The fourth-order valence-corrected chi connectivity index (χ4v) is 5.83. The number of pyridine rings is 2. The lowest BCUT2D eigenvalue weighted by atomic mass is 9.96. The number of fused-ring (bicyclic) bond motifs is 1. The second kappa shape index (κ2) is 10.4. The number of anilines is 3. The second-order valence-electron chi connectivity index (χ2n) is 8.03. The van der Waals surface area contributed by atoms with Gasteiger partial charge in [-0.3, -0.25) is 15.1 Å². The molecule has 0 unspecified atom stereocenters. The van der Waals surface area contributed by atoms with Gasteiger partial charge >= 0.3 is 0 Å². The number of nitrogens with two attached hydrogens (primary N) is 2. The van der Waals surface area contributed by atoms with E-state index in [-0.39, 0.29) is 21.9 Å². The van der Waals surface area contributed by atoms with Gasteiger partial charge in [-0.15, -0.1) is 22.7 Å². The van der Waals surface area contributed by atoms with E-state index in [2.05, 4.69) is 26.3 Å². The van der Waals surface area contributed by atoms with Crippen LogP contribution >= 0.6 is 22.7 Å². The zero-order valence-electron chi connectivity index (χ0n) is 20.9. The van der Waals surface area contributed by atoms with Crippen LogP contribution in [0.25, 0.3) is 32.6 Å². The standard InChI is InChI=1S/C26H21N7O4S2/c1-35-16-8-13(9-17(36-2)21(16)37-3)18-14(10-27)23(29)32-25-19(18)20(28)22(39-25)24(34)33-26-31-15(11-38-26)12-4-6-30-7-5-12/h4-9,11H,28H2,1-3H3,(H2,29,32)(H,31,33,34). The molecule has 0 spiro atoms. The van der Waals surface area contributed by atoms with Gasteiger partial charge in [0.25, 0.3) is 5.91 Å². The van der Waals surface area contributed by atoms with Gasteiger partial charge in [-0.25, -0.2) is 9.97 Å². The van der Waals surface area contributed by atoms with Crippen LogP contribution in [0.1, 0.15) is 15.2 Å². The Kier molecular flexibility index (Phi) is 6.88. The molecule has 4 heterocycles. The number of benzene rings is 1. The molecule has 196 valence electrons. The highest BCUT2D eigenvalue weighted by Crippen LogP contribution is 2.47. The Hall–Kier alpha value is -4.93. The summed E-state index contributed by atoms with van der Waals surface area (Å²) < 4.78 is 16.4. The number of nitrogens with one attached hydrogen (secondary N) is 1. The average molecular weight is 560 g/mol. The first kappa shape index (κ1) is 25.7. The van der Waals surface area contributed by atoms with Crippen LogP contribution in [-0.2, 0) is 0 Å². The predicted molar refractivity (Wildman–Crippen MR) is 152 cm³/mol. The number of ether oxygens (including phenoxy) is 3.